The summed E-state index contributed by atoms with van der Waals surface area (Å²) in [5.41, 5.74) is 1.49. The molecule has 0 N–H and O–H groups in total. The fourth-order valence-corrected chi connectivity index (χ4v) is 9.24. The first-order chi connectivity index (χ1) is 13.2. The SMILES string of the molecule is Cc1cc(C[P+](c2ccccc2)(c2ccccc2)c2ccccc2)c(C)s1.[Cl-]. The van der Waals surface area contributed by atoms with Crippen molar-refractivity contribution in [3.63, 3.8) is 0 Å². The van der Waals surface area contributed by atoms with E-state index in [1.807, 2.05) is 11.3 Å². The Bertz CT molecular complexity index is 914. The van der Waals surface area contributed by atoms with Gasteiger partial charge in [0.25, 0.3) is 0 Å². The van der Waals surface area contributed by atoms with Gasteiger partial charge < -0.3 is 12.4 Å². The average Bonchev–Trinajstić information content (AvgIpc) is 3.04. The van der Waals surface area contributed by atoms with E-state index in [0.717, 1.165) is 6.16 Å². The molecule has 0 aliphatic carbocycles. The van der Waals surface area contributed by atoms with E-state index in [-0.39, 0.29) is 12.4 Å². The van der Waals surface area contributed by atoms with Crippen LogP contribution in [-0.4, -0.2) is 0 Å². The van der Waals surface area contributed by atoms with Crippen molar-refractivity contribution in [2.24, 2.45) is 0 Å². The number of thiophene rings is 1. The van der Waals surface area contributed by atoms with E-state index in [1.54, 1.807) is 0 Å². The van der Waals surface area contributed by atoms with Crippen molar-refractivity contribution >= 4 is 34.5 Å². The highest BCUT2D eigenvalue weighted by Crippen LogP contribution is 2.58. The second-order valence-corrected chi connectivity index (χ2v) is 11.9. The molecule has 0 amide bonds. The number of hydrogen-bond acceptors (Lipinski definition) is 1. The second-order valence-electron chi connectivity index (χ2n) is 6.91. The van der Waals surface area contributed by atoms with Gasteiger partial charge in [-0.3, -0.25) is 0 Å². The summed E-state index contributed by atoms with van der Waals surface area (Å²) >= 11 is 1.91. The minimum Gasteiger partial charge on any atom is -1.00 e. The minimum absolute atomic E-state index is 0. The van der Waals surface area contributed by atoms with Gasteiger partial charge in [0.2, 0.25) is 0 Å². The van der Waals surface area contributed by atoms with Crippen LogP contribution in [-0.2, 0) is 6.16 Å². The van der Waals surface area contributed by atoms with E-state index in [2.05, 4.69) is 111 Å². The zero-order valence-corrected chi connectivity index (χ0v) is 18.6. The van der Waals surface area contributed by atoms with Crippen molar-refractivity contribution in [2.75, 3.05) is 0 Å². The minimum atomic E-state index is -1.78. The van der Waals surface area contributed by atoms with Gasteiger partial charge in [0, 0.05) is 15.3 Å². The zero-order chi connectivity index (χ0) is 18.7. The van der Waals surface area contributed by atoms with Crippen LogP contribution in [0.3, 0.4) is 0 Å². The summed E-state index contributed by atoms with van der Waals surface area (Å²) in [5.74, 6) is 0. The molecule has 0 radical (unpaired) electrons. The number of hydrogen-bond donors (Lipinski definition) is 0. The third-order valence-corrected chi connectivity index (χ3v) is 10.5. The molecule has 28 heavy (non-hydrogen) atoms. The summed E-state index contributed by atoms with van der Waals surface area (Å²) in [4.78, 5) is 2.84. The van der Waals surface area contributed by atoms with Crippen molar-refractivity contribution in [1.29, 1.82) is 0 Å². The first-order valence-corrected chi connectivity index (χ1v) is 12.1. The predicted octanol–water partition coefficient (Wildman–Crippen LogP) is 2.86. The summed E-state index contributed by atoms with van der Waals surface area (Å²) in [6, 6.07) is 35.8. The number of aryl methyl sites for hydroxylation is 2. The highest BCUT2D eigenvalue weighted by molar-refractivity contribution is 7.95. The lowest BCUT2D eigenvalue weighted by Crippen LogP contribution is -3.00. The molecule has 1 aromatic heterocycles. The third-order valence-electron chi connectivity index (χ3n) is 5.14. The molecule has 0 bridgehead atoms. The van der Waals surface area contributed by atoms with Gasteiger partial charge in [-0.25, -0.2) is 0 Å². The lowest BCUT2D eigenvalue weighted by atomic mass is 10.3. The van der Waals surface area contributed by atoms with Crippen molar-refractivity contribution in [3.05, 3.63) is 112 Å². The summed E-state index contributed by atoms with van der Waals surface area (Å²) in [7, 11) is -1.78. The maximum atomic E-state index is 2.39. The summed E-state index contributed by atoms with van der Waals surface area (Å²) < 4.78 is 0. The second kappa shape index (κ2) is 9.05. The van der Waals surface area contributed by atoms with E-state index < -0.39 is 7.26 Å². The lowest BCUT2D eigenvalue weighted by molar-refractivity contribution is -0.00000530. The summed E-state index contributed by atoms with van der Waals surface area (Å²) in [6.45, 7) is 4.48. The van der Waals surface area contributed by atoms with Crippen molar-refractivity contribution in [3.8, 4) is 0 Å². The lowest BCUT2D eigenvalue weighted by Gasteiger charge is -2.27. The Balaban J connectivity index is 0.00000225. The van der Waals surface area contributed by atoms with Crippen molar-refractivity contribution < 1.29 is 12.4 Å². The fraction of sp³-hybridized carbons (Fsp3) is 0.120. The van der Waals surface area contributed by atoms with Crippen LogP contribution in [0.1, 0.15) is 15.3 Å². The maximum Gasteiger partial charge on any atom is 0.116 e. The maximum absolute atomic E-state index is 2.39. The molecule has 3 aromatic carbocycles. The van der Waals surface area contributed by atoms with Gasteiger partial charge >= 0.3 is 0 Å². The van der Waals surface area contributed by atoms with Gasteiger partial charge in [-0.15, -0.1) is 11.3 Å². The molecule has 0 aliphatic heterocycles. The van der Waals surface area contributed by atoms with Crippen molar-refractivity contribution in [2.45, 2.75) is 20.0 Å². The first kappa shape index (κ1) is 20.8. The van der Waals surface area contributed by atoms with Gasteiger partial charge in [0.05, 0.1) is 6.16 Å². The van der Waals surface area contributed by atoms with E-state index in [1.165, 1.54) is 31.2 Å². The molecule has 0 saturated carbocycles. The zero-order valence-electron chi connectivity index (χ0n) is 16.2. The highest BCUT2D eigenvalue weighted by Gasteiger charge is 2.45. The molecule has 142 valence electrons. The fourth-order valence-electron chi connectivity index (χ4n) is 3.86. The normalized spacial score (nSPS) is 11.1. The van der Waals surface area contributed by atoms with Gasteiger partial charge in [-0.1, -0.05) is 54.6 Å². The molecule has 0 atom stereocenters. The first-order valence-electron chi connectivity index (χ1n) is 9.31. The van der Waals surface area contributed by atoms with Crippen LogP contribution in [0.15, 0.2) is 97.1 Å². The molecular weight excluding hydrogens is 399 g/mol. The van der Waals surface area contributed by atoms with Crippen LogP contribution in [0.5, 0.6) is 0 Å². The van der Waals surface area contributed by atoms with Crippen LogP contribution >= 0.6 is 18.6 Å². The standard InChI is InChI=1S/C25H24PS.ClH/c1-20-18-22(21(2)27-20)19-26(23-12-6-3-7-13-23,24-14-8-4-9-15-24)25-16-10-5-11-17-25;/h3-18H,19H2,1-2H3;1H/q+1;/p-1. The van der Waals surface area contributed by atoms with Gasteiger partial charge in [0.1, 0.15) is 23.2 Å². The van der Waals surface area contributed by atoms with Gasteiger partial charge in [-0.05, 0) is 56.3 Å². The van der Waals surface area contributed by atoms with Crippen LogP contribution < -0.4 is 28.3 Å². The van der Waals surface area contributed by atoms with Crippen LogP contribution in [0, 0.1) is 13.8 Å². The Hall–Kier alpha value is -1.92. The summed E-state index contributed by atoms with van der Waals surface area (Å²) in [5, 5.41) is 4.35. The molecule has 4 aromatic rings. The molecule has 0 aliphatic rings. The Kier molecular flexibility index (Phi) is 6.73. The van der Waals surface area contributed by atoms with Crippen LogP contribution in [0.4, 0.5) is 0 Å². The molecule has 0 unspecified atom stereocenters. The quantitative estimate of drug-likeness (QED) is 0.434. The van der Waals surface area contributed by atoms with E-state index in [4.69, 9.17) is 0 Å². The van der Waals surface area contributed by atoms with Gasteiger partial charge in [0.15, 0.2) is 0 Å². The topological polar surface area (TPSA) is 0 Å². The molecule has 0 nitrogen and oxygen atoms in total. The number of halogens is 1. The average molecular weight is 423 g/mol. The monoisotopic (exact) mass is 422 g/mol. The van der Waals surface area contributed by atoms with E-state index >= 15 is 0 Å². The molecule has 0 saturated heterocycles. The van der Waals surface area contributed by atoms with Crippen molar-refractivity contribution in [1.82, 2.24) is 0 Å². The Morgan fingerprint density at radius 1 is 0.643 bits per heavy atom. The van der Waals surface area contributed by atoms with Crippen LogP contribution in [0.25, 0.3) is 0 Å². The van der Waals surface area contributed by atoms with Gasteiger partial charge in [-0.2, -0.15) is 0 Å². The Labute approximate surface area is 179 Å². The molecule has 4 rings (SSSR count). The molecule has 3 heteroatoms. The largest absolute Gasteiger partial charge is 1.00 e. The number of benzene rings is 3. The highest BCUT2D eigenvalue weighted by atomic mass is 35.5. The smallest absolute Gasteiger partial charge is 0.116 e. The van der Waals surface area contributed by atoms with E-state index in [9.17, 15) is 0 Å². The Morgan fingerprint density at radius 2 is 1.04 bits per heavy atom. The predicted molar refractivity (Wildman–Crippen MR) is 123 cm³/mol. The van der Waals surface area contributed by atoms with E-state index in [0.29, 0.717) is 0 Å². The molecule has 1 heterocycles. The number of rotatable bonds is 5. The van der Waals surface area contributed by atoms with Crippen LogP contribution in [0.2, 0.25) is 0 Å². The summed E-state index contributed by atoms with van der Waals surface area (Å²) in [6.07, 6.45) is 1.07. The Morgan fingerprint density at radius 3 is 1.36 bits per heavy atom. The third kappa shape index (κ3) is 3.94. The molecule has 0 spiro atoms. The molecular formula is C25H24ClPS. The molecule has 0 fully saturated rings.